The Balaban J connectivity index is 1.69. The van der Waals surface area contributed by atoms with E-state index >= 15 is 0 Å². The van der Waals surface area contributed by atoms with E-state index in [4.69, 9.17) is 16.3 Å². The van der Waals surface area contributed by atoms with E-state index < -0.39 is 17.6 Å². The van der Waals surface area contributed by atoms with Crippen molar-refractivity contribution in [2.24, 2.45) is 0 Å². The smallest absolute Gasteiger partial charge is 0.416 e. The van der Waals surface area contributed by atoms with Crippen LogP contribution in [0.3, 0.4) is 0 Å². The van der Waals surface area contributed by atoms with Crippen molar-refractivity contribution in [2.75, 3.05) is 13.1 Å². The molecule has 1 aromatic heterocycles. The molecule has 1 aliphatic heterocycles. The molecule has 0 saturated carbocycles. The Morgan fingerprint density at radius 2 is 2.00 bits per heavy atom. The van der Waals surface area contributed by atoms with Gasteiger partial charge in [-0.3, -0.25) is 4.79 Å². The van der Waals surface area contributed by atoms with Gasteiger partial charge in [-0.1, -0.05) is 17.7 Å². The van der Waals surface area contributed by atoms with Crippen molar-refractivity contribution in [3.63, 3.8) is 0 Å². The second-order valence-corrected chi connectivity index (χ2v) is 6.33. The number of nitrogens with zero attached hydrogens (tertiary/aromatic N) is 3. The number of hydrogen-bond donors (Lipinski definition) is 0. The van der Waals surface area contributed by atoms with Crippen molar-refractivity contribution in [3.8, 4) is 6.01 Å². The van der Waals surface area contributed by atoms with E-state index in [0.29, 0.717) is 24.4 Å². The van der Waals surface area contributed by atoms with Gasteiger partial charge in [-0.2, -0.15) is 13.2 Å². The summed E-state index contributed by atoms with van der Waals surface area (Å²) in [6.07, 6.45) is -0.659. The van der Waals surface area contributed by atoms with E-state index in [1.54, 1.807) is 0 Å². The molecule has 9 heteroatoms. The van der Waals surface area contributed by atoms with Gasteiger partial charge in [0.15, 0.2) is 0 Å². The molecule has 1 unspecified atom stereocenters. The molecule has 0 aliphatic carbocycles. The number of likely N-dealkylation sites (tertiary alicyclic amines) is 1. The molecular weight excluding hydrogens is 371 g/mol. The van der Waals surface area contributed by atoms with Gasteiger partial charge in [0.2, 0.25) is 0 Å². The lowest BCUT2D eigenvalue weighted by Crippen LogP contribution is -2.44. The molecule has 26 heavy (non-hydrogen) atoms. The third-order valence-corrected chi connectivity index (χ3v) is 4.17. The zero-order valence-electron chi connectivity index (χ0n) is 13.5. The molecule has 1 atom stereocenters. The van der Waals surface area contributed by atoms with E-state index in [1.807, 2.05) is 0 Å². The maximum Gasteiger partial charge on any atom is 0.416 e. The number of carbonyl (C=O) groups excluding carboxylic acids is 1. The summed E-state index contributed by atoms with van der Waals surface area (Å²) >= 11 is 5.72. The highest BCUT2D eigenvalue weighted by Gasteiger charge is 2.32. The van der Waals surface area contributed by atoms with Gasteiger partial charge in [0.05, 0.1) is 29.5 Å². The van der Waals surface area contributed by atoms with Crippen LogP contribution in [0.15, 0.2) is 36.7 Å². The van der Waals surface area contributed by atoms with Crippen molar-refractivity contribution in [2.45, 2.75) is 25.1 Å². The van der Waals surface area contributed by atoms with Crippen LogP contribution >= 0.6 is 11.6 Å². The highest BCUT2D eigenvalue weighted by Crippen LogP contribution is 2.30. The van der Waals surface area contributed by atoms with E-state index in [0.717, 1.165) is 12.1 Å². The first kappa shape index (κ1) is 18.4. The number of benzene rings is 1. The molecule has 1 saturated heterocycles. The molecule has 0 N–H and O–H groups in total. The summed E-state index contributed by atoms with van der Waals surface area (Å²) in [5.41, 5.74) is -0.842. The normalized spacial score (nSPS) is 17.8. The van der Waals surface area contributed by atoms with E-state index in [-0.39, 0.29) is 24.2 Å². The van der Waals surface area contributed by atoms with Crippen molar-refractivity contribution in [1.82, 2.24) is 14.9 Å². The second-order valence-electron chi connectivity index (χ2n) is 5.90. The Hall–Kier alpha value is -2.35. The molecule has 0 bridgehead atoms. The van der Waals surface area contributed by atoms with E-state index in [1.165, 1.54) is 29.4 Å². The molecule has 2 heterocycles. The van der Waals surface area contributed by atoms with Crippen molar-refractivity contribution in [1.29, 1.82) is 0 Å². The fraction of sp³-hybridized carbons (Fsp3) is 0.353. The number of rotatable bonds is 3. The number of hydrogen-bond acceptors (Lipinski definition) is 4. The molecule has 5 nitrogen and oxygen atoms in total. The lowest BCUT2D eigenvalue weighted by Gasteiger charge is -2.32. The van der Waals surface area contributed by atoms with Crippen molar-refractivity contribution < 1.29 is 22.7 Å². The van der Waals surface area contributed by atoms with Crippen LogP contribution in [0.1, 0.15) is 28.8 Å². The molecule has 2 aromatic rings. The summed E-state index contributed by atoms with van der Waals surface area (Å²) in [4.78, 5) is 22.0. The lowest BCUT2D eigenvalue weighted by molar-refractivity contribution is -0.137. The van der Waals surface area contributed by atoms with Crippen LogP contribution in [-0.2, 0) is 6.18 Å². The summed E-state index contributed by atoms with van der Waals surface area (Å²) in [5, 5.41) is 0.377. The Bertz CT molecular complexity index is 784. The van der Waals surface area contributed by atoms with E-state index in [9.17, 15) is 18.0 Å². The van der Waals surface area contributed by atoms with Gasteiger partial charge in [0.25, 0.3) is 5.91 Å². The number of piperidine rings is 1. The number of amides is 1. The Kier molecular flexibility index (Phi) is 5.31. The third kappa shape index (κ3) is 4.43. The van der Waals surface area contributed by atoms with Gasteiger partial charge < -0.3 is 9.64 Å². The Morgan fingerprint density at radius 1 is 1.27 bits per heavy atom. The molecular formula is C17H15ClF3N3O2. The SMILES string of the molecule is O=C(c1cccc(C(F)(F)F)c1)N1CCCC(Oc2ncc(Cl)cn2)C1. The average Bonchev–Trinajstić information content (AvgIpc) is 2.63. The number of alkyl halides is 3. The highest BCUT2D eigenvalue weighted by molar-refractivity contribution is 6.30. The topological polar surface area (TPSA) is 55.3 Å². The average molecular weight is 386 g/mol. The summed E-state index contributed by atoms with van der Waals surface area (Å²) in [6, 6.07) is 4.57. The van der Waals surface area contributed by atoms with Crippen LogP contribution in [0, 0.1) is 0 Å². The quantitative estimate of drug-likeness (QED) is 0.805. The van der Waals surface area contributed by atoms with Gasteiger partial charge in [0.1, 0.15) is 6.10 Å². The molecule has 0 spiro atoms. The molecule has 1 fully saturated rings. The molecule has 138 valence electrons. The first-order chi connectivity index (χ1) is 12.3. The number of halogens is 4. The van der Waals surface area contributed by atoms with Gasteiger partial charge in [-0.15, -0.1) is 0 Å². The largest absolute Gasteiger partial charge is 0.458 e. The molecule has 1 aromatic carbocycles. The second kappa shape index (κ2) is 7.49. The van der Waals surface area contributed by atoms with Crippen molar-refractivity contribution >= 4 is 17.5 Å². The number of carbonyl (C=O) groups is 1. The first-order valence-electron chi connectivity index (χ1n) is 7.93. The van der Waals surface area contributed by atoms with E-state index in [2.05, 4.69) is 9.97 Å². The maximum atomic E-state index is 12.8. The zero-order valence-corrected chi connectivity index (χ0v) is 14.3. The van der Waals surface area contributed by atoms with Crippen molar-refractivity contribution in [3.05, 3.63) is 52.8 Å². The van der Waals surface area contributed by atoms with Crippen LogP contribution in [0.25, 0.3) is 0 Å². The fourth-order valence-corrected chi connectivity index (χ4v) is 2.84. The third-order valence-electron chi connectivity index (χ3n) is 3.97. The predicted molar refractivity (Wildman–Crippen MR) is 88.0 cm³/mol. The molecule has 3 rings (SSSR count). The number of aromatic nitrogens is 2. The fourth-order valence-electron chi connectivity index (χ4n) is 2.74. The maximum absolute atomic E-state index is 12.8. The minimum Gasteiger partial charge on any atom is -0.458 e. The van der Waals surface area contributed by atoms with Gasteiger partial charge in [-0.25, -0.2) is 9.97 Å². The Labute approximate surface area is 152 Å². The first-order valence-corrected chi connectivity index (χ1v) is 8.31. The van der Waals surface area contributed by atoms with Crippen LogP contribution in [0.5, 0.6) is 6.01 Å². The van der Waals surface area contributed by atoms with Crippen LogP contribution in [0.4, 0.5) is 13.2 Å². The zero-order chi connectivity index (χ0) is 18.7. The van der Waals surface area contributed by atoms with Gasteiger partial charge >= 0.3 is 12.2 Å². The standard InChI is InChI=1S/C17H15ClF3N3O2/c18-13-8-22-16(23-9-13)26-14-5-2-6-24(10-14)15(25)11-3-1-4-12(7-11)17(19,20)21/h1,3-4,7-9,14H,2,5-6,10H2. The monoisotopic (exact) mass is 385 g/mol. The Morgan fingerprint density at radius 3 is 2.69 bits per heavy atom. The summed E-state index contributed by atoms with van der Waals surface area (Å²) in [6.45, 7) is 0.706. The lowest BCUT2D eigenvalue weighted by atomic mass is 10.1. The van der Waals surface area contributed by atoms with Gasteiger partial charge in [0, 0.05) is 12.1 Å². The van der Waals surface area contributed by atoms with Gasteiger partial charge in [-0.05, 0) is 31.0 Å². The summed E-state index contributed by atoms with van der Waals surface area (Å²) in [7, 11) is 0. The highest BCUT2D eigenvalue weighted by atomic mass is 35.5. The minimum atomic E-state index is -4.49. The molecule has 1 amide bonds. The van der Waals surface area contributed by atoms with Crippen LogP contribution < -0.4 is 4.74 Å². The van der Waals surface area contributed by atoms with Crippen LogP contribution in [0.2, 0.25) is 5.02 Å². The van der Waals surface area contributed by atoms with Crippen LogP contribution in [-0.4, -0.2) is 40.0 Å². The minimum absolute atomic E-state index is 0.00298. The summed E-state index contributed by atoms with van der Waals surface area (Å²) < 4.78 is 44.2. The molecule has 0 radical (unpaired) electrons. The summed E-state index contributed by atoms with van der Waals surface area (Å²) in [5.74, 6) is -0.457. The predicted octanol–water partition coefficient (Wildman–Crippen LogP) is 3.83. The molecule has 1 aliphatic rings. The number of ether oxygens (including phenoxy) is 1.